The lowest BCUT2D eigenvalue weighted by atomic mass is 10.1. The molecule has 0 saturated carbocycles. The SMILES string of the molecule is Cc1cccc(NC(=O)COc2cccc(/C=C3/C(=O)NC(=O)N(c4ccc(OCc5ccccc5)cc4)C3=O)c2)c1C. The zero-order valence-electron chi connectivity index (χ0n) is 23.6. The Morgan fingerprint density at radius 3 is 2.35 bits per heavy atom. The molecular formula is C34H29N3O6. The fourth-order valence-corrected chi connectivity index (χ4v) is 4.41. The van der Waals surface area contributed by atoms with Gasteiger partial charge in [0.15, 0.2) is 6.61 Å². The number of nitrogens with zero attached hydrogens (tertiary/aromatic N) is 1. The second kappa shape index (κ2) is 12.9. The van der Waals surface area contributed by atoms with Crippen molar-refractivity contribution in [3.63, 3.8) is 0 Å². The van der Waals surface area contributed by atoms with Gasteiger partial charge in [-0.25, -0.2) is 9.69 Å². The van der Waals surface area contributed by atoms with E-state index in [0.717, 1.165) is 21.6 Å². The Morgan fingerprint density at radius 1 is 0.837 bits per heavy atom. The largest absolute Gasteiger partial charge is 0.489 e. The van der Waals surface area contributed by atoms with Crippen molar-refractivity contribution in [3.05, 3.63) is 125 Å². The summed E-state index contributed by atoms with van der Waals surface area (Å²) in [6.07, 6.45) is 1.37. The van der Waals surface area contributed by atoms with E-state index in [-0.39, 0.29) is 23.8 Å². The quantitative estimate of drug-likeness (QED) is 0.199. The van der Waals surface area contributed by atoms with Crippen LogP contribution >= 0.6 is 0 Å². The summed E-state index contributed by atoms with van der Waals surface area (Å²) >= 11 is 0. The molecule has 0 aromatic heterocycles. The van der Waals surface area contributed by atoms with Crippen LogP contribution in [0.2, 0.25) is 0 Å². The Balaban J connectivity index is 1.25. The van der Waals surface area contributed by atoms with Gasteiger partial charge in [-0.2, -0.15) is 0 Å². The molecule has 4 aromatic rings. The number of anilines is 2. The minimum absolute atomic E-state index is 0.228. The van der Waals surface area contributed by atoms with Crippen LogP contribution in [0.4, 0.5) is 16.2 Å². The number of amides is 5. The Hall–Kier alpha value is -5.70. The smallest absolute Gasteiger partial charge is 0.335 e. The second-order valence-electron chi connectivity index (χ2n) is 9.88. The van der Waals surface area contributed by atoms with E-state index in [9.17, 15) is 19.2 Å². The van der Waals surface area contributed by atoms with Crippen molar-refractivity contribution >= 4 is 41.2 Å². The highest BCUT2D eigenvalue weighted by Gasteiger charge is 2.36. The first-order valence-electron chi connectivity index (χ1n) is 13.6. The first kappa shape index (κ1) is 28.8. The van der Waals surface area contributed by atoms with E-state index in [1.54, 1.807) is 48.5 Å². The monoisotopic (exact) mass is 575 g/mol. The van der Waals surface area contributed by atoms with E-state index < -0.39 is 17.8 Å². The third kappa shape index (κ3) is 6.97. The molecule has 0 bridgehead atoms. The summed E-state index contributed by atoms with van der Waals surface area (Å²) < 4.78 is 11.4. The van der Waals surface area contributed by atoms with Gasteiger partial charge < -0.3 is 14.8 Å². The Kier molecular flexibility index (Phi) is 8.62. The van der Waals surface area contributed by atoms with Crippen molar-refractivity contribution in [1.82, 2.24) is 5.32 Å². The molecule has 9 heteroatoms. The van der Waals surface area contributed by atoms with E-state index in [1.165, 1.54) is 6.08 Å². The van der Waals surface area contributed by atoms with Crippen molar-refractivity contribution in [2.45, 2.75) is 20.5 Å². The van der Waals surface area contributed by atoms with E-state index in [2.05, 4.69) is 10.6 Å². The Labute approximate surface area is 248 Å². The highest BCUT2D eigenvalue weighted by atomic mass is 16.5. The number of ether oxygens (including phenoxy) is 2. The van der Waals surface area contributed by atoms with Gasteiger partial charge >= 0.3 is 6.03 Å². The molecule has 1 aliphatic heterocycles. The molecule has 0 atom stereocenters. The molecule has 0 radical (unpaired) electrons. The van der Waals surface area contributed by atoms with E-state index in [4.69, 9.17) is 9.47 Å². The molecular weight excluding hydrogens is 546 g/mol. The van der Waals surface area contributed by atoms with Gasteiger partial charge in [0.25, 0.3) is 17.7 Å². The highest BCUT2D eigenvalue weighted by Crippen LogP contribution is 2.26. The van der Waals surface area contributed by atoms with Crippen LogP contribution in [0.15, 0.2) is 103 Å². The second-order valence-corrected chi connectivity index (χ2v) is 9.88. The molecule has 43 heavy (non-hydrogen) atoms. The van der Waals surface area contributed by atoms with Crippen molar-refractivity contribution in [2.75, 3.05) is 16.8 Å². The molecule has 0 spiro atoms. The molecule has 0 aliphatic carbocycles. The Morgan fingerprint density at radius 2 is 1.58 bits per heavy atom. The van der Waals surface area contributed by atoms with Crippen LogP contribution in [0.1, 0.15) is 22.3 Å². The number of nitrogens with one attached hydrogen (secondary N) is 2. The molecule has 1 heterocycles. The molecule has 5 amide bonds. The van der Waals surface area contributed by atoms with Gasteiger partial charge in [-0.05, 0) is 84.6 Å². The van der Waals surface area contributed by atoms with E-state index in [0.29, 0.717) is 29.4 Å². The van der Waals surface area contributed by atoms with Crippen LogP contribution in [0.25, 0.3) is 6.08 Å². The average molecular weight is 576 g/mol. The number of carbonyl (C=O) groups excluding carboxylic acids is 4. The molecule has 0 unspecified atom stereocenters. The van der Waals surface area contributed by atoms with Crippen LogP contribution in [0, 0.1) is 13.8 Å². The number of aryl methyl sites for hydroxylation is 1. The van der Waals surface area contributed by atoms with Gasteiger partial charge in [-0.1, -0.05) is 54.6 Å². The van der Waals surface area contributed by atoms with Crippen LogP contribution in [-0.2, 0) is 21.0 Å². The predicted molar refractivity (Wildman–Crippen MR) is 163 cm³/mol. The fourth-order valence-electron chi connectivity index (χ4n) is 4.41. The number of imide groups is 2. The summed E-state index contributed by atoms with van der Waals surface area (Å²) in [7, 11) is 0. The number of hydrogen-bond donors (Lipinski definition) is 2. The molecule has 1 aliphatic rings. The molecule has 9 nitrogen and oxygen atoms in total. The van der Waals surface area contributed by atoms with Crippen molar-refractivity contribution in [1.29, 1.82) is 0 Å². The number of carbonyl (C=O) groups is 4. The normalized spacial score (nSPS) is 14.0. The first-order valence-corrected chi connectivity index (χ1v) is 13.6. The molecule has 1 saturated heterocycles. The third-order valence-electron chi connectivity index (χ3n) is 6.86. The summed E-state index contributed by atoms with van der Waals surface area (Å²) in [5.74, 6) is -0.985. The number of urea groups is 1. The fraction of sp³-hybridized carbons (Fsp3) is 0.118. The minimum atomic E-state index is -0.850. The number of hydrogen-bond acceptors (Lipinski definition) is 6. The van der Waals surface area contributed by atoms with Crippen molar-refractivity contribution in [2.24, 2.45) is 0 Å². The maximum atomic E-state index is 13.3. The maximum Gasteiger partial charge on any atom is 0.335 e. The lowest BCUT2D eigenvalue weighted by molar-refractivity contribution is -0.122. The molecule has 2 N–H and O–H groups in total. The van der Waals surface area contributed by atoms with E-state index >= 15 is 0 Å². The molecule has 4 aromatic carbocycles. The molecule has 1 fully saturated rings. The van der Waals surface area contributed by atoms with Crippen LogP contribution in [0.5, 0.6) is 11.5 Å². The predicted octanol–water partition coefficient (Wildman–Crippen LogP) is 5.57. The lowest BCUT2D eigenvalue weighted by Crippen LogP contribution is -2.54. The first-order chi connectivity index (χ1) is 20.8. The van der Waals surface area contributed by atoms with Crippen molar-refractivity contribution in [3.8, 4) is 11.5 Å². The molecule has 5 rings (SSSR count). The average Bonchev–Trinajstić information content (AvgIpc) is 3.01. The number of rotatable bonds is 9. The summed E-state index contributed by atoms with van der Waals surface area (Å²) in [6, 6.07) is 27.5. The van der Waals surface area contributed by atoms with Gasteiger partial charge in [-0.3, -0.25) is 19.7 Å². The summed E-state index contributed by atoms with van der Waals surface area (Å²) in [6.45, 7) is 4.02. The zero-order valence-corrected chi connectivity index (χ0v) is 23.6. The number of benzene rings is 4. The number of barbiturate groups is 1. The molecule has 216 valence electrons. The van der Waals surface area contributed by atoms with Gasteiger partial charge in [0.05, 0.1) is 5.69 Å². The van der Waals surface area contributed by atoms with Crippen molar-refractivity contribution < 1.29 is 28.7 Å². The van der Waals surface area contributed by atoms with Crippen LogP contribution in [-0.4, -0.2) is 30.4 Å². The van der Waals surface area contributed by atoms with Gasteiger partial charge in [0.2, 0.25) is 0 Å². The highest BCUT2D eigenvalue weighted by molar-refractivity contribution is 6.39. The third-order valence-corrected chi connectivity index (χ3v) is 6.86. The van der Waals surface area contributed by atoms with Gasteiger partial charge in [0, 0.05) is 5.69 Å². The van der Waals surface area contributed by atoms with Gasteiger partial charge in [0.1, 0.15) is 23.7 Å². The lowest BCUT2D eigenvalue weighted by Gasteiger charge is -2.26. The minimum Gasteiger partial charge on any atom is -0.489 e. The van der Waals surface area contributed by atoms with Gasteiger partial charge in [-0.15, -0.1) is 0 Å². The Bertz CT molecular complexity index is 1710. The zero-order chi connectivity index (χ0) is 30.3. The summed E-state index contributed by atoms with van der Waals surface area (Å²) in [5, 5.41) is 5.06. The van der Waals surface area contributed by atoms with Crippen LogP contribution < -0.4 is 25.0 Å². The van der Waals surface area contributed by atoms with E-state index in [1.807, 2.05) is 62.4 Å². The summed E-state index contributed by atoms with van der Waals surface area (Å²) in [4.78, 5) is 52.0. The standard InChI is InChI=1S/C34H29N3O6/c1-22-8-6-13-30(23(22)2)35-31(38)21-43-28-12-7-11-25(18-28)19-29-32(39)36-34(41)37(33(29)40)26-14-16-27(17-15-26)42-20-24-9-4-3-5-10-24/h3-19H,20-21H2,1-2H3,(H,35,38)(H,36,39,41)/b29-19-. The summed E-state index contributed by atoms with van der Waals surface area (Å²) in [5.41, 5.74) is 4.27. The van der Waals surface area contributed by atoms with Crippen LogP contribution in [0.3, 0.4) is 0 Å². The maximum absolute atomic E-state index is 13.3. The topological polar surface area (TPSA) is 114 Å².